The summed E-state index contributed by atoms with van der Waals surface area (Å²) in [5, 5.41) is 3.18. The van der Waals surface area contributed by atoms with E-state index in [0.29, 0.717) is 11.0 Å². The molecule has 122 valence electrons. The number of thiazole rings is 1. The number of aryl methyl sites for hydroxylation is 1. The van der Waals surface area contributed by atoms with Crippen LogP contribution < -0.4 is 5.32 Å². The van der Waals surface area contributed by atoms with Crippen molar-refractivity contribution < 1.29 is 18.0 Å². The number of amides is 1. The minimum atomic E-state index is -4.40. The van der Waals surface area contributed by atoms with E-state index in [1.165, 1.54) is 28.3 Å². The van der Waals surface area contributed by atoms with E-state index in [-0.39, 0.29) is 5.56 Å². The summed E-state index contributed by atoms with van der Waals surface area (Å²) in [6.45, 7) is 2.18. The molecule has 3 nitrogen and oxygen atoms in total. The van der Waals surface area contributed by atoms with Gasteiger partial charge in [0.25, 0.3) is 5.91 Å². The summed E-state index contributed by atoms with van der Waals surface area (Å²) in [5.41, 5.74) is 0.433. The molecule has 2 aromatic rings. The highest BCUT2D eigenvalue weighted by Crippen LogP contribution is 2.32. The molecule has 1 heterocycles. The van der Waals surface area contributed by atoms with Crippen molar-refractivity contribution in [3.05, 3.63) is 46.0 Å². The van der Waals surface area contributed by atoms with E-state index < -0.39 is 17.6 Å². The summed E-state index contributed by atoms with van der Waals surface area (Å²) in [7, 11) is 0. The van der Waals surface area contributed by atoms with E-state index in [9.17, 15) is 18.0 Å². The zero-order valence-corrected chi connectivity index (χ0v) is 13.2. The number of hydrogen-bond donors (Lipinski definition) is 1. The van der Waals surface area contributed by atoms with Gasteiger partial charge in [0.1, 0.15) is 0 Å². The Bertz CT molecular complexity index is 722. The van der Waals surface area contributed by atoms with Gasteiger partial charge < -0.3 is 0 Å². The van der Waals surface area contributed by atoms with E-state index in [2.05, 4.69) is 17.2 Å². The highest BCUT2D eigenvalue weighted by atomic mass is 32.1. The highest BCUT2D eigenvalue weighted by molar-refractivity contribution is 7.15. The van der Waals surface area contributed by atoms with Gasteiger partial charge in [-0.3, -0.25) is 10.1 Å². The van der Waals surface area contributed by atoms with Crippen molar-refractivity contribution in [1.82, 2.24) is 4.98 Å². The molecule has 23 heavy (non-hydrogen) atoms. The Morgan fingerprint density at radius 3 is 2.65 bits per heavy atom. The largest absolute Gasteiger partial charge is 0.416 e. The lowest BCUT2D eigenvalue weighted by Gasteiger charge is -2.15. The number of aromatic nitrogens is 1. The van der Waals surface area contributed by atoms with E-state index in [1.807, 2.05) is 0 Å². The molecule has 1 N–H and O–H groups in total. The van der Waals surface area contributed by atoms with Gasteiger partial charge in [-0.05, 0) is 49.4 Å². The monoisotopic (exact) mass is 340 g/mol. The Labute approximate surface area is 135 Å². The second kappa shape index (κ2) is 5.96. The lowest BCUT2D eigenvalue weighted by molar-refractivity contribution is -0.137. The molecule has 0 saturated carbocycles. The number of benzene rings is 1. The van der Waals surface area contributed by atoms with Crippen LogP contribution in [-0.4, -0.2) is 10.9 Å². The van der Waals surface area contributed by atoms with Gasteiger partial charge in [0.2, 0.25) is 0 Å². The number of fused-ring (bicyclic) bond motifs is 1. The van der Waals surface area contributed by atoms with Crippen LogP contribution in [0.15, 0.2) is 24.3 Å². The van der Waals surface area contributed by atoms with Crippen molar-refractivity contribution in [2.75, 3.05) is 5.32 Å². The van der Waals surface area contributed by atoms with Gasteiger partial charge in [0.05, 0.1) is 11.3 Å². The van der Waals surface area contributed by atoms with Crippen molar-refractivity contribution in [1.29, 1.82) is 0 Å². The van der Waals surface area contributed by atoms with Gasteiger partial charge in [-0.1, -0.05) is 6.92 Å². The summed E-state index contributed by atoms with van der Waals surface area (Å²) in [4.78, 5) is 17.7. The van der Waals surface area contributed by atoms with Gasteiger partial charge in [-0.25, -0.2) is 4.98 Å². The first-order chi connectivity index (χ1) is 10.8. The first kappa shape index (κ1) is 16.0. The van der Waals surface area contributed by atoms with E-state index >= 15 is 0 Å². The Kier molecular flexibility index (Phi) is 4.14. The van der Waals surface area contributed by atoms with Crippen LogP contribution in [-0.2, 0) is 19.0 Å². The van der Waals surface area contributed by atoms with Crippen LogP contribution in [0.1, 0.15) is 39.8 Å². The lowest BCUT2D eigenvalue weighted by Crippen LogP contribution is -2.13. The van der Waals surface area contributed by atoms with Crippen molar-refractivity contribution in [3.8, 4) is 0 Å². The molecule has 1 aliphatic rings. The molecule has 0 spiro atoms. The molecular formula is C16H15F3N2OS. The number of carbonyl (C=O) groups is 1. The van der Waals surface area contributed by atoms with E-state index in [4.69, 9.17) is 0 Å². The molecule has 1 amide bonds. The molecule has 0 radical (unpaired) electrons. The number of rotatable bonds is 2. The number of carbonyl (C=O) groups excluding carboxylic acids is 1. The minimum Gasteiger partial charge on any atom is -0.298 e. The van der Waals surface area contributed by atoms with Crippen molar-refractivity contribution >= 4 is 22.4 Å². The molecular weight excluding hydrogens is 325 g/mol. The fourth-order valence-electron chi connectivity index (χ4n) is 2.57. The minimum absolute atomic E-state index is 0.180. The molecule has 3 rings (SSSR count). The average molecular weight is 340 g/mol. The third-order valence-corrected chi connectivity index (χ3v) is 4.92. The van der Waals surface area contributed by atoms with Crippen molar-refractivity contribution in [3.63, 3.8) is 0 Å². The second-order valence-electron chi connectivity index (χ2n) is 5.77. The number of alkyl halides is 3. The van der Waals surface area contributed by atoms with Crippen LogP contribution >= 0.6 is 11.3 Å². The molecule has 0 fully saturated rings. The van der Waals surface area contributed by atoms with Crippen molar-refractivity contribution in [2.45, 2.75) is 32.4 Å². The zero-order chi connectivity index (χ0) is 16.6. The summed E-state index contributed by atoms with van der Waals surface area (Å²) in [6, 6.07) is 4.16. The SMILES string of the molecule is C[C@H]1CCc2nc(NC(=O)c3ccc(C(F)(F)F)cc3)sc2C1. The number of halogens is 3. The van der Waals surface area contributed by atoms with Gasteiger partial charge >= 0.3 is 6.18 Å². The number of anilines is 1. The highest BCUT2D eigenvalue weighted by Gasteiger charge is 2.30. The van der Waals surface area contributed by atoms with E-state index in [0.717, 1.165) is 37.1 Å². The van der Waals surface area contributed by atoms with Crippen LogP contribution in [0.5, 0.6) is 0 Å². The topological polar surface area (TPSA) is 42.0 Å². The summed E-state index contributed by atoms with van der Waals surface area (Å²) < 4.78 is 37.6. The smallest absolute Gasteiger partial charge is 0.298 e. The average Bonchev–Trinajstić information content (AvgIpc) is 2.87. The Morgan fingerprint density at radius 1 is 1.30 bits per heavy atom. The quantitative estimate of drug-likeness (QED) is 0.872. The van der Waals surface area contributed by atoms with Crippen LogP contribution in [0.3, 0.4) is 0 Å². The summed E-state index contributed by atoms with van der Waals surface area (Å²) >= 11 is 1.45. The van der Waals surface area contributed by atoms with Crippen LogP contribution in [0.4, 0.5) is 18.3 Å². The molecule has 7 heteroatoms. The Hall–Kier alpha value is -1.89. The maximum atomic E-state index is 12.5. The van der Waals surface area contributed by atoms with Gasteiger partial charge in [-0.2, -0.15) is 13.2 Å². The maximum Gasteiger partial charge on any atom is 0.416 e. The third-order valence-electron chi connectivity index (χ3n) is 3.88. The Morgan fingerprint density at radius 2 is 2.00 bits per heavy atom. The van der Waals surface area contributed by atoms with Gasteiger partial charge in [-0.15, -0.1) is 11.3 Å². The lowest BCUT2D eigenvalue weighted by atomic mass is 9.93. The fraction of sp³-hybridized carbons (Fsp3) is 0.375. The molecule has 1 aromatic carbocycles. The van der Waals surface area contributed by atoms with Crippen LogP contribution in [0, 0.1) is 5.92 Å². The molecule has 1 aliphatic carbocycles. The van der Waals surface area contributed by atoms with Crippen LogP contribution in [0.25, 0.3) is 0 Å². The zero-order valence-electron chi connectivity index (χ0n) is 12.4. The molecule has 0 aliphatic heterocycles. The van der Waals surface area contributed by atoms with Crippen LogP contribution in [0.2, 0.25) is 0 Å². The first-order valence-electron chi connectivity index (χ1n) is 7.30. The number of nitrogens with one attached hydrogen (secondary N) is 1. The third kappa shape index (κ3) is 3.55. The predicted molar refractivity (Wildman–Crippen MR) is 82.7 cm³/mol. The standard InChI is InChI=1S/C16H15F3N2OS/c1-9-2-7-12-13(8-9)23-15(20-12)21-14(22)10-3-5-11(6-4-10)16(17,18)19/h3-6,9H,2,7-8H2,1H3,(H,20,21,22)/t9-/m0/s1. The van der Waals surface area contributed by atoms with Crippen molar-refractivity contribution in [2.24, 2.45) is 5.92 Å². The molecule has 1 atom stereocenters. The first-order valence-corrected chi connectivity index (χ1v) is 8.12. The predicted octanol–water partition coefficient (Wildman–Crippen LogP) is 4.54. The number of hydrogen-bond acceptors (Lipinski definition) is 3. The van der Waals surface area contributed by atoms with Gasteiger partial charge in [0, 0.05) is 10.4 Å². The summed E-state index contributed by atoms with van der Waals surface area (Å²) in [5.74, 6) is 0.166. The molecule has 1 aromatic heterocycles. The fourth-order valence-corrected chi connectivity index (χ4v) is 3.74. The number of nitrogens with zero attached hydrogens (tertiary/aromatic N) is 1. The maximum absolute atomic E-state index is 12.5. The normalized spacial score (nSPS) is 17.7. The molecule has 0 saturated heterocycles. The molecule has 0 bridgehead atoms. The van der Waals surface area contributed by atoms with Gasteiger partial charge in [0.15, 0.2) is 5.13 Å². The Balaban J connectivity index is 1.72. The van der Waals surface area contributed by atoms with E-state index in [1.54, 1.807) is 0 Å². The molecule has 0 unspecified atom stereocenters. The second-order valence-corrected chi connectivity index (χ2v) is 6.85. The summed E-state index contributed by atoms with van der Waals surface area (Å²) in [6.07, 6.45) is -1.45.